The van der Waals surface area contributed by atoms with E-state index in [1.807, 2.05) is 12.1 Å². The molecule has 3 unspecified atom stereocenters. The highest BCUT2D eigenvalue weighted by Crippen LogP contribution is 2.41. The van der Waals surface area contributed by atoms with E-state index >= 15 is 0 Å². The second-order valence-corrected chi connectivity index (χ2v) is 6.16. The molecule has 3 atom stereocenters. The highest BCUT2D eigenvalue weighted by molar-refractivity contribution is 5.38. The minimum absolute atomic E-state index is 0.212. The van der Waals surface area contributed by atoms with Gasteiger partial charge < -0.3 is 14.6 Å². The standard InChI is InChI=1S/C17H24O3/c1-2-14-12-17(18,8-10-19-14)11-13-7-9-20-16-6-4-3-5-15(13)16/h3-6,13-14,18H,2,7-12H2,1H3. The van der Waals surface area contributed by atoms with Crippen LogP contribution in [-0.2, 0) is 4.74 Å². The van der Waals surface area contributed by atoms with Crippen molar-refractivity contribution in [2.75, 3.05) is 13.2 Å². The van der Waals surface area contributed by atoms with Crippen molar-refractivity contribution in [3.05, 3.63) is 29.8 Å². The largest absolute Gasteiger partial charge is 0.493 e. The van der Waals surface area contributed by atoms with Gasteiger partial charge in [-0.05, 0) is 43.2 Å². The van der Waals surface area contributed by atoms with Crippen LogP contribution >= 0.6 is 0 Å². The summed E-state index contributed by atoms with van der Waals surface area (Å²) in [4.78, 5) is 0. The predicted octanol–water partition coefficient (Wildman–Crippen LogP) is 3.26. The lowest BCUT2D eigenvalue weighted by atomic mass is 9.77. The van der Waals surface area contributed by atoms with E-state index in [1.54, 1.807) is 0 Å². The second kappa shape index (κ2) is 5.74. The van der Waals surface area contributed by atoms with E-state index in [1.165, 1.54) is 5.56 Å². The van der Waals surface area contributed by atoms with Crippen molar-refractivity contribution >= 4 is 0 Å². The molecule has 0 saturated carbocycles. The SMILES string of the molecule is CCC1CC(O)(CC2CCOc3ccccc32)CCO1. The second-order valence-electron chi connectivity index (χ2n) is 6.16. The van der Waals surface area contributed by atoms with Crippen LogP contribution in [0.25, 0.3) is 0 Å². The van der Waals surface area contributed by atoms with E-state index < -0.39 is 5.60 Å². The third-order valence-corrected chi connectivity index (χ3v) is 4.69. The molecule has 1 saturated heterocycles. The van der Waals surface area contributed by atoms with Gasteiger partial charge in [0.15, 0.2) is 0 Å². The smallest absolute Gasteiger partial charge is 0.122 e. The maximum Gasteiger partial charge on any atom is 0.122 e. The minimum Gasteiger partial charge on any atom is -0.493 e. The Kier molecular flexibility index (Phi) is 3.99. The zero-order chi connectivity index (χ0) is 14.0. The molecule has 0 spiro atoms. The molecule has 0 bridgehead atoms. The Morgan fingerprint density at radius 1 is 1.30 bits per heavy atom. The van der Waals surface area contributed by atoms with Gasteiger partial charge in [0.2, 0.25) is 0 Å². The van der Waals surface area contributed by atoms with Crippen LogP contribution in [0.3, 0.4) is 0 Å². The Morgan fingerprint density at radius 3 is 3.00 bits per heavy atom. The van der Waals surface area contributed by atoms with Crippen molar-refractivity contribution in [1.29, 1.82) is 0 Å². The average Bonchev–Trinajstić information content (AvgIpc) is 2.47. The Labute approximate surface area is 120 Å². The molecule has 1 fully saturated rings. The molecular weight excluding hydrogens is 252 g/mol. The van der Waals surface area contributed by atoms with Gasteiger partial charge in [-0.15, -0.1) is 0 Å². The molecule has 1 N–H and O–H groups in total. The molecule has 0 radical (unpaired) electrons. The summed E-state index contributed by atoms with van der Waals surface area (Å²) in [6.07, 6.45) is 4.53. The first-order valence-corrected chi connectivity index (χ1v) is 7.76. The fourth-order valence-corrected chi connectivity index (χ4v) is 3.53. The molecule has 110 valence electrons. The molecule has 2 aliphatic heterocycles. The van der Waals surface area contributed by atoms with Crippen LogP contribution in [0.1, 0.15) is 50.5 Å². The number of ether oxygens (including phenoxy) is 2. The fourth-order valence-electron chi connectivity index (χ4n) is 3.53. The average molecular weight is 276 g/mol. The van der Waals surface area contributed by atoms with Gasteiger partial charge in [-0.25, -0.2) is 0 Å². The summed E-state index contributed by atoms with van der Waals surface area (Å²) < 4.78 is 11.4. The van der Waals surface area contributed by atoms with Gasteiger partial charge in [0.05, 0.1) is 18.3 Å². The van der Waals surface area contributed by atoms with Crippen LogP contribution in [-0.4, -0.2) is 30.0 Å². The van der Waals surface area contributed by atoms with Crippen molar-refractivity contribution < 1.29 is 14.6 Å². The normalized spacial score (nSPS) is 33.3. The molecule has 2 aliphatic rings. The van der Waals surface area contributed by atoms with E-state index in [0.29, 0.717) is 12.5 Å². The van der Waals surface area contributed by atoms with Gasteiger partial charge in [-0.1, -0.05) is 25.1 Å². The molecule has 0 aliphatic carbocycles. The van der Waals surface area contributed by atoms with Gasteiger partial charge in [-0.3, -0.25) is 0 Å². The third kappa shape index (κ3) is 2.84. The van der Waals surface area contributed by atoms with E-state index in [0.717, 1.165) is 44.5 Å². The maximum absolute atomic E-state index is 10.9. The number of hydrogen-bond donors (Lipinski definition) is 1. The molecule has 3 heteroatoms. The monoisotopic (exact) mass is 276 g/mol. The van der Waals surface area contributed by atoms with E-state index in [2.05, 4.69) is 19.1 Å². The van der Waals surface area contributed by atoms with Crippen LogP contribution in [0.15, 0.2) is 24.3 Å². The third-order valence-electron chi connectivity index (χ3n) is 4.69. The maximum atomic E-state index is 10.9. The predicted molar refractivity (Wildman–Crippen MR) is 78.1 cm³/mol. The Balaban J connectivity index is 1.75. The molecule has 2 heterocycles. The first-order chi connectivity index (χ1) is 9.70. The Bertz CT molecular complexity index is 459. The number of fused-ring (bicyclic) bond motifs is 1. The van der Waals surface area contributed by atoms with Crippen molar-refractivity contribution in [3.63, 3.8) is 0 Å². The first-order valence-electron chi connectivity index (χ1n) is 7.76. The van der Waals surface area contributed by atoms with Gasteiger partial charge in [-0.2, -0.15) is 0 Å². The summed E-state index contributed by atoms with van der Waals surface area (Å²) in [5.41, 5.74) is 0.681. The number of rotatable bonds is 3. The quantitative estimate of drug-likeness (QED) is 0.921. The van der Waals surface area contributed by atoms with Crippen LogP contribution in [0.4, 0.5) is 0 Å². The lowest BCUT2D eigenvalue weighted by molar-refractivity contribution is -0.111. The highest BCUT2D eigenvalue weighted by atomic mass is 16.5. The summed E-state index contributed by atoms with van der Waals surface area (Å²) >= 11 is 0. The summed E-state index contributed by atoms with van der Waals surface area (Å²) in [6, 6.07) is 8.24. The molecule has 1 aromatic rings. The summed E-state index contributed by atoms with van der Waals surface area (Å²) in [5.74, 6) is 1.40. The van der Waals surface area contributed by atoms with Crippen LogP contribution in [0.5, 0.6) is 5.75 Å². The lowest BCUT2D eigenvalue weighted by Gasteiger charge is -2.40. The molecular formula is C17H24O3. The number of para-hydroxylation sites is 1. The molecule has 3 rings (SSSR count). The molecule has 1 aromatic carbocycles. The lowest BCUT2D eigenvalue weighted by Crippen LogP contribution is -2.42. The molecule has 3 nitrogen and oxygen atoms in total. The van der Waals surface area contributed by atoms with E-state index in [9.17, 15) is 5.11 Å². The van der Waals surface area contributed by atoms with Gasteiger partial charge in [0.1, 0.15) is 5.75 Å². The first kappa shape index (κ1) is 13.9. The topological polar surface area (TPSA) is 38.7 Å². The highest BCUT2D eigenvalue weighted by Gasteiger charge is 2.38. The van der Waals surface area contributed by atoms with Crippen molar-refractivity contribution in [2.45, 2.75) is 56.7 Å². The summed E-state index contributed by atoms with van der Waals surface area (Å²) in [5, 5.41) is 10.9. The summed E-state index contributed by atoms with van der Waals surface area (Å²) in [7, 11) is 0. The molecule has 0 amide bonds. The van der Waals surface area contributed by atoms with Crippen molar-refractivity contribution in [3.8, 4) is 5.75 Å². The van der Waals surface area contributed by atoms with Crippen LogP contribution < -0.4 is 4.74 Å². The number of aliphatic hydroxyl groups is 1. The Hall–Kier alpha value is -1.06. The van der Waals surface area contributed by atoms with E-state index in [-0.39, 0.29) is 6.10 Å². The zero-order valence-electron chi connectivity index (χ0n) is 12.2. The number of hydrogen-bond acceptors (Lipinski definition) is 3. The molecule has 20 heavy (non-hydrogen) atoms. The van der Waals surface area contributed by atoms with Gasteiger partial charge >= 0.3 is 0 Å². The van der Waals surface area contributed by atoms with Crippen LogP contribution in [0, 0.1) is 0 Å². The van der Waals surface area contributed by atoms with Crippen LogP contribution in [0.2, 0.25) is 0 Å². The minimum atomic E-state index is -0.575. The van der Waals surface area contributed by atoms with Gasteiger partial charge in [0.25, 0.3) is 0 Å². The molecule has 0 aromatic heterocycles. The van der Waals surface area contributed by atoms with E-state index in [4.69, 9.17) is 9.47 Å². The zero-order valence-corrected chi connectivity index (χ0v) is 12.2. The number of benzene rings is 1. The Morgan fingerprint density at radius 2 is 2.15 bits per heavy atom. The van der Waals surface area contributed by atoms with Gasteiger partial charge in [0, 0.05) is 13.0 Å². The summed E-state index contributed by atoms with van der Waals surface area (Å²) in [6.45, 7) is 3.56. The fraction of sp³-hybridized carbons (Fsp3) is 0.647. The van der Waals surface area contributed by atoms with Crippen molar-refractivity contribution in [2.24, 2.45) is 0 Å². The van der Waals surface area contributed by atoms with Crippen molar-refractivity contribution in [1.82, 2.24) is 0 Å².